The number of ether oxygens (including phenoxy) is 1. The molecule has 3 rings (SSSR count). The summed E-state index contributed by atoms with van der Waals surface area (Å²) in [6, 6.07) is 5.75. The Hall–Kier alpha value is -3.00. The smallest absolute Gasteiger partial charge is 0.341 e. The van der Waals surface area contributed by atoms with Gasteiger partial charge in [-0.2, -0.15) is 0 Å². The van der Waals surface area contributed by atoms with Gasteiger partial charge in [0.1, 0.15) is 5.00 Å². The maximum atomic E-state index is 13.0. The standard InChI is InChI=1S/C23H26N2O5S/c1-6-30-23(29)19-14(4)20(15(5)26)31-22(19)24-21(28)16-10-18(27)25(11-16)17-9-7-8-12(2)13(17)3/h7-9,16H,6,10-11H2,1-5H3,(H,24,28)/t16-/m1/s1. The van der Waals surface area contributed by atoms with Crippen LogP contribution in [-0.2, 0) is 14.3 Å². The zero-order valence-electron chi connectivity index (χ0n) is 18.3. The molecule has 31 heavy (non-hydrogen) atoms. The predicted octanol–water partition coefficient (Wildman–Crippen LogP) is 4.04. The van der Waals surface area contributed by atoms with E-state index in [1.54, 1.807) is 18.7 Å². The van der Waals surface area contributed by atoms with E-state index >= 15 is 0 Å². The van der Waals surface area contributed by atoms with Gasteiger partial charge < -0.3 is 15.0 Å². The molecule has 2 aromatic rings. The number of anilines is 2. The fourth-order valence-electron chi connectivity index (χ4n) is 3.74. The van der Waals surface area contributed by atoms with Crippen LogP contribution in [0.4, 0.5) is 10.7 Å². The van der Waals surface area contributed by atoms with Crippen molar-refractivity contribution in [3.05, 3.63) is 45.3 Å². The number of amides is 2. The molecule has 1 saturated heterocycles. The Balaban J connectivity index is 1.84. The summed E-state index contributed by atoms with van der Waals surface area (Å²) in [4.78, 5) is 52.1. The molecule has 0 spiro atoms. The van der Waals surface area contributed by atoms with Crippen LogP contribution in [0.15, 0.2) is 18.2 Å². The van der Waals surface area contributed by atoms with Crippen molar-refractivity contribution in [2.24, 2.45) is 5.92 Å². The van der Waals surface area contributed by atoms with Crippen molar-refractivity contribution in [3.8, 4) is 0 Å². The zero-order chi connectivity index (χ0) is 22.9. The zero-order valence-corrected chi connectivity index (χ0v) is 19.1. The molecule has 8 heteroatoms. The molecule has 7 nitrogen and oxygen atoms in total. The Kier molecular flexibility index (Phi) is 6.59. The average molecular weight is 443 g/mol. The molecule has 1 aromatic heterocycles. The van der Waals surface area contributed by atoms with Crippen LogP contribution >= 0.6 is 11.3 Å². The number of carbonyl (C=O) groups excluding carboxylic acids is 4. The van der Waals surface area contributed by atoms with Gasteiger partial charge in [0.15, 0.2) is 5.78 Å². The van der Waals surface area contributed by atoms with Gasteiger partial charge in [0.2, 0.25) is 11.8 Å². The second-order valence-electron chi connectivity index (χ2n) is 7.65. The highest BCUT2D eigenvalue weighted by molar-refractivity contribution is 7.18. The summed E-state index contributed by atoms with van der Waals surface area (Å²) in [5.41, 5.74) is 3.56. The van der Waals surface area contributed by atoms with Crippen LogP contribution in [-0.4, -0.2) is 36.7 Å². The molecule has 0 saturated carbocycles. The molecule has 1 aliphatic rings. The first-order chi connectivity index (χ1) is 14.6. The number of ketones is 1. The third kappa shape index (κ3) is 4.39. The topological polar surface area (TPSA) is 92.8 Å². The van der Waals surface area contributed by atoms with E-state index in [4.69, 9.17) is 4.74 Å². The third-order valence-corrected chi connectivity index (χ3v) is 6.85. The number of hydrogen-bond acceptors (Lipinski definition) is 6. The molecule has 0 unspecified atom stereocenters. The molecule has 1 atom stereocenters. The normalized spacial score (nSPS) is 15.8. The molecular weight excluding hydrogens is 416 g/mol. The largest absolute Gasteiger partial charge is 0.462 e. The van der Waals surface area contributed by atoms with Gasteiger partial charge in [0, 0.05) is 18.7 Å². The van der Waals surface area contributed by atoms with E-state index in [1.807, 2.05) is 32.0 Å². The number of esters is 1. The third-order valence-electron chi connectivity index (χ3n) is 5.55. The predicted molar refractivity (Wildman–Crippen MR) is 120 cm³/mol. The van der Waals surface area contributed by atoms with Crippen molar-refractivity contribution in [2.75, 3.05) is 23.4 Å². The van der Waals surface area contributed by atoms with Gasteiger partial charge in [-0.1, -0.05) is 12.1 Å². The fraction of sp³-hybridized carbons (Fsp3) is 0.391. The minimum absolute atomic E-state index is 0.0812. The van der Waals surface area contributed by atoms with Gasteiger partial charge in [-0.15, -0.1) is 11.3 Å². The lowest BCUT2D eigenvalue weighted by Gasteiger charge is -2.20. The van der Waals surface area contributed by atoms with Gasteiger partial charge in [-0.25, -0.2) is 4.79 Å². The van der Waals surface area contributed by atoms with Crippen LogP contribution < -0.4 is 10.2 Å². The van der Waals surface area contributed by atoms with Crippen LogP contribution in [0.1, 0.15) is 57.0 Å². The molecule has 0 aliphatic carbocycles. The van der Waals surface area contributed by atoms with Crippen LogP contribution in [0.25, 0.3) is 0 Å². The van der Waals surface area contributed by atoms with Crippen molar-refractivity contribution >= 4 is 45.6 Å². The summed E-state index contributed by atoms with van der Waals surface area (Å²) >= 11 is 1.06. The molecular formula is C23H26N2O5S. The maximum Gasteiger partial charge on any atom is 0.341 e. The number of rotatable bonds is 6. The van der Waals surface area contributed by atoms with Crippen molar-refractivity contribution in [2.45, 2.75) is 41.0 Å². The van der Waals surface area contributed by atoms with E-state index in [1.165, 1.54) is 6.92 Å². The molecule has 2 amide bonds. The van der Waals surface area contributed by atoms with Gasteiger partial charge in [-0.05, 0) is 57.4 Å². The summed E-state index contributed by atoms with van der Waals surface area (Å²) in [5, 5.41) is 3.06. The lowest BCUT2D eigenvalue weighted by molar-refractivity contribution is -0.122. The van der Waals surface area contributed by atoms with Crippen LogP contribution in [0.3, 0.4) is 0 Å². The molecule has 1 N–H and O–H groups in total. The van der Waals surface area contributed by atoms with E-state index in [-0.39, 0.29) is 47.7 Å². The first kappa shape index (κ1) is 22.7. The highest BCUT2D eigenvalue weighted by atomic mass is 32.1. The van der Waals surface area contributed by atoms with Crippen molar-refractivity contribution in [1.82, 2.24) is 0 Å². The molecule has 0 radical (unpaired) electrons. The Labute approximate surface area is 185 Å². The molecule has 0 bridgehead atoms. The maximum absolute atomic E-state index is 13.0. The van der Waals surface area contributed by atoms with Crippen LogP contribution in [0.2, 0.25) is 0 Å². The first-order valence-corrected chi connectivity index (χ1v) is 11.0. The molecule has 2 heterocycles. The van der Waals surface area contributed by atoms with Gasteiger partial charge in [0.25, 0.3) is 0 Å². The van der Waals surface area contributed by atoms with E-state index in [0.717, 1.165) is 28.2 Å². The molecule has 164 valence electrons. The number of Topliss-reactive ketones (excluding diaryl/α,β-unsaturated/α-hetero) is 1. The minimum Gasteiger partial charge on any atom is -0.462 e. The minimum atomic E-state index is -0.585. The molecule has 1 aliphatic heterocycles. The summed E-state index contributed by atoms with van der Waals surface area (Å²) < 4.78 is 5.11. The number of nitrogens with one attached hydrogen (secondary N) is 1. The lowest BCUT2D eigenvalue weighted by atomic mass is 10.1. The SMILES string of the molecule is CCOC(=O)c1c(NC(=O)[C@@H]2CC(=O)N(c3cccc(C)c3C)C2)sc(C(C)=O)c1C. The van der Waals surface area contributed by atoms with E-state index in [0.29, 0.717) is 10.4 Å². The quantitative estimate of drug-likeness (QED) is 0.538. The number of carbonyl (C=O) groups is 4. The number of nitrogens with zero attached hydrogens (tertiary/aromatic N) is 1. The highest BCUT2D eigenvalue weighted by Crippen LogP contribution is 2.35. The van der Waals surface area contributed by atoms with E-state index < -0.39 is 11.9 Å². The van der Waals surface area contributed by atoms with Gasteiger partial charge in [-0.3, -0.25) is 14.4 Å². The summed E-state index contributed by atoms with van der Waals surface area (Å²) in [6.07, 6.45) is 0.0812. The van der Waals surface area contributed by atoms with Crippen molar-refractivity contribution < 1.29 is 23.9 Å². The van der Waals surface area contributed by atoms with Crippen molar-refractivity contribution in [3.63, 3.8) is 0 Å². The monoisotopic (exact) mass is 442 g/mol. The second-order valence-corrected chi connectivity index (χ2v) is 8.67. The Bertz CT molecular complexity index is 1070. The Morgan fingerprint density at radius 3 is 2.55 bits per heavy atom. The number of thiophene rings is 1. The van der Waals surface area contributed by atoms with Crippen LogP contribution in [0.5, 0.6) is 0 Å². The number of benzene rings is 1. The first-order valence-electron chi connectivity index (χ1n) is 10.1. The summed E-state index contributed by atoms with van der Waals surface area (Å²) in [5.74, 6) is -1.82. The van der Waals surface area contributed by atoms with Crippen LogP contribution in [0, 0.1) is 26.7 Å². The van der Waals surface area contributed by atoms with E-state index in [9.17, 15) is 19.2 Å². The highest BCUT2D eigenvalue weighted by Gasteiger charge is 2.37. The molecule has 1 fully saturated rings. The lowest BCUT2D eigenvalue weighted by Crippen LogP contribution is -2.28. The number of aryl methyl sites for hydroxylation is 1. The second kappa shape index (κ2) is 9.01. The van der Waals surface area contributed by atoms with Crippen molar-refractivity contribution in [1.29, 1.82) is 0 Å². The van der Waals surface area contributed by atoms with E-state index in [2.05, 4.69) is 5.32 Å². The van der Waals surface area contributed by atoms with Gasteiger partial charge >= 0.3 is 5.97 Å². The Morgan fingerprint density at radius 2 is 1.90 bits per heavy atom. The van der Waals surface area contributed by atoms with Gasteiger partial charge in [0.05, 0.1) is 23.0 Å². The average Bonchev–Trinajstić information content (AvgIpc) is 3.24. The molecule has 1 aromatic carbocycles. The Morgan fingerprint density at radius 1 is 1.19 bits per heavy atom. The summed E-state index contributed by atoms with van der Waals surface area (Å²) in [6.45, 7) is 9.14. The summed E-state index contributed by atoms with van der Waals surface area (Å²) in [7, 11) is 0. The fourth-order valence-corrected chi connectivity index (χ4v) is 4.84. The number of hydrogen-bond donors (Lipinski definition) is 1.